The highest BCUT2D eigenvalue weighted by Crippen LogP contribution is 2.43. The van der Waals surface area contributed by atoms with Crippen LogP contribution in [0.25, 0.3) is 0 Å². The molecule has 1 fully saturated rings. The molecule has 0 radical (unpaired) electrons. The normalized spacial score (nSPS) is 33.3. The number of nitrogen functional groups attached to an aromatic ring is 1. The molecule has 0 spiro atoms. The van der Waals surface area contributed by atoms with E-state index in [9.17, 15) is 15.0 Å². The Morgan fingerprint density at radius 1 is 1.67 bits per heavy atom. The van der Waals surface area contributed by atoms with Crippen molar-refractivity contribution in [3.05, 3.63) is 22.7 Å². The fraction of sp³-hybridized carbons (Fsp3) is 0.538. The van der Waals surface area contributed by atoms with Gasteiger partial charge in [0.2, 0.25) is 0 Å². The average Bonchev–Trinajstić information content (AvgIpc) is 2.64. The van der Waals surface area contributed by atoms with Crippen molar-refractivity contribution in [3.63, 3.8) is 0 Å². The van der Waals surface area contributed by atoms with E-state index in [-0.39, 0.29) is 5.82 Å². The van der Waals surface area contributed by atoms with Crippen LogP contribution in [0, 0.1) is 11.8 Å². The minimum absolute atomic E-state index is 0.0589. The van der Waals surface area contributed by atoms with Gasteiger partial charge in [-0.3, -0.25) is 4.57 Å². The molecule has 2 heterocycles. The third kappa shape index (κ3) is 2.63. The van der Waals surface area contributed by atoms with E-state index in [4.69, 9.17) is 22.1 Å². The van der Waals surface area contributed by atoms with Crippen molar-refractivity contribution in [3.8, 4) is 11.8 Å². The molecule has 4 N–H and O–H groups in total. The Hall–Kier alpha value is -1.59. The molecule has 114 valence electrons. The number of aliphatic hydroxyl groups is 2. The minimum atomic E-state index is -1.57. The maximum Gasteiger partial charge on any atom is 0.351 e. The van der Waals surface area contributed by atoms with Crippen LogP contribution in [-0.4, -0.2) is 43.0 Å². The molecule has 1 unspecified atom stereocenters. The predicted octanol–water partition coefficient (Wildman–Crippen LogP) is -0.535. The lowest BCUT2D eigenvalue weighted by Crippen LogP contribution is -2.44. The molecule has 21 heavy (non-hydrogen) atoms. The molecule has 0 saturated carbocycles. The Bertz CT molecular complexity index is 651. The number of aliphatic hydroxyl groups excluding tert-OH is 2. The highest BCUT2D eigenvalue weighted by molar-refractivity contribution is 6.27. The highest BCUT2D eigenvalue weighted by Gasteiger charge is 2.57. The average molecular weight is 314 g/mol. The fourth-order valence-corrected chi connectivity index (χ4v) is 2.66. The quantitative estimate of drug-likeness (QED) is 0.500. The lowest BCUT2D eigenvalue weighted by atomic mass is 9.96. The Labute approximate surface area is 126 Å². The summed E-state index contributed by atoms with van der Waals surface area (Å²) in [5.74, 6) is 5.32. The number of alkyl halides is 1. The zero-order valence-electron chi connectivity index (χ0n) is 11.5. The second-order valence-corrected chi connectivity index (χ2v) is 5.45. The number of aromatic nitrogens is 2. The molecule has 0 bridgehead atoms. The number of ether oxygens (including phenoxy) is 1. The Morgan fingerprint density at radius 3 is 2.86 bits per heavy atom. The fourth-order valence-electron chi connectivity index (χ4n) is 2.28. The van der Waals surface area contributed by atoms with Gasteiger partial charge in [0.25, 0.3) is 0 Å². The Balaban J connectivity index is 2.54. The molecule has 1 aromatic rings. The number of hydrogen-bond donors (Lipinski definition) is 3. The summed E-state index contributed by atoms with van der Waals surface area (Å²) in [6.45, 7) is 3.00. The topological polar surface area (TPSA) is 111 Å². The molecular weight excluding hydrogens is 298 g/mol. The van der Waals surface area contributed by atoms with Crippen molar-refractivity contribution < 1.29 is 14.9 Å². The van der Waals surface area contributed by atoms with Crippen LogP contribution >= 0.6 is 11.6 Å². The standard InChI is InChI=1S/C13H16ClN3O4/c1-3-5-13(14)10(19)9(7(2)18)21-11(13)17-6-4-8(15)16-12(17)20/h4,6-7,9-11,18-19H,1-2H3,(H2,15,16,20)/t7-,9+,10-,11+,13?/m0/s1. The SMILES string of the molecule is CC#CC1(Cl)[C@@H](O)[C@@H]([C@H](C)O)O[C@H]1n1ccc(N)nc1=O. The van der Waals surface area contributed by atoms with Crippen LogP contribution in [0.3, 0.4) is 0 Å². The summed E-state index contributed by atoms with van der Waals surface area (Å²) in [4.78, 5) is 14.0. The highest BCUT2D eigenvalue weighted by atomic mass is 35.5. The largest absolute Gasteiger partial charge is 0.391 e. The van der Waals surface area contributed by atoms with E-state index < -0.39 is 35.1 Å². The summed E-state index contributed by atoms with van der Waals surface area (Å²) >= 11 is 6.39. The van der Waals surface area contributed by atoms with E-state index in [1.54, 1.807) is 6.92 Å². The van der Waals surface area contributed by atoms with Crippen molar-refractivity contribution in [1.82, 2.24) is 9.55 Å². The van der Waals surface area contributed by atoms with Gasteiger partial charge in [-0.05, 0) is 19.9 Å². The van der Waals surface area contributed by atoms with Gasteiger partial charge in [-0.15, -0.1) is 5.92 Å². The van der Waals surface area contributed by atoms with Gasteiger partial charge in [-0.25, -0.2) is 4.79 Å². The van der Waals surface area contributed by atoms with Gasteiger partial charge in [0, 0.05) is 6.20 Å². The van der Waals surface area contributed by atoms with Gasteiger partial charge in [0.15, 0.2) is 11.1 Å². The molecule has 1 aromatic heterocycles. The number of rotatable bonds is 2. The third-order valence-electron chi connectivity index (χ3n) is 3.28. The van der Waals surface area contributed by atoms with Crippen LogP contribution in [0.4, 0.5) is 5.82 Å². The molecule has 5 atom stereocenters. The van der Waals surface area contributed by atoms with Crippen LogP contribution in [0.1, 0.15) is 20.1 Å². The Kier molecular flexibility index (Phi) is 4.25. The lowest BCUT2D eigenvalue weighted by molar-refractivity contribution is -0.0773. The van der Waals surface area contributed by atoms with Crippen molar-refractivity contribution in [2.24, 2.45) is 0 Å². The summed E-state index contributed by atoms with van der Waals surface area (Å²) in [7, 11) is 0. The smallest absolute Gasteiger partial charge is 0.351 e. The molecule has 0 amide bonds. The summed E-state index contributed by atoms with van der Waals surface area (Å²) in [6.07, 6.45) is -2.97. The number of nitrogens with two attached hydrogens (primary N) is 1. The van der Waals surface area contributed by atoms with E-state index >= 15 is 0 Å². The monoisotopic (exact) mass is 313 g/mol. The van der Waals surface area contributed by atoms with Crippen LogP contribution in [0.5, 0.6) is 0 Å². The maximum atomic E-state index is 11.9. The van der Waals surface area contributed by atoms with Crippen LogP contribution in [-0.2, 0) is 4.74 Å². The number of halogens is 1. The van der Waals surface area contributed by atoms with Crippen molar-refractivity contribution >= 4 is 17.4 Å². The number of anilines is 1. The first-order valence-corrected chi connectivity index (χ1v) is 6.68. The van der Waals surface area contributed by atoms with Crippen LogP contribution < -0.4 is 11.4 Å². The molecule has 8 heteroatoms. The first-order valence-electron chi connectivity index (χ1n) is 6.30. The zero-order chi connectivity index (χ0) is 15.8. The van der Waals surface area contributed by atoms with E-state index in [1.807, 2.05) is 0 Å². The van der Waals surface area contributed by atoms with Gasteiger partial charge >= 0.3 is 5.69 Å². The van der Waals surface area contributed by atoms with Crippen LogP contribution in [0.2, 0.25) is 0 Å². The van der Waals surface area contributed by atoms with E-state index in [0.717, 1.165) is 4.57 Å². The second kappa shape index (κ2) is 5.66. The molecule has 0 aliphatic carbocycles. The first kappa shape index (κ1) is 15.8. The van der Waals surface area contributed by atoms with E-state index in [0.29, 0.717) is 0 Å². The van der Waals surface area contributed by atoms with Gasteiger partial charge in [0.1, 0.15) is 18.0 Å². The van der Waals surface area contributed by atoms with Gasteiger partial charge in [-0.2, -0.15) is 4.98 Å². The van der Waals surface area contributed by atoms with Crippen molar-refractivity contribution in [2.45, 2.75) is 43.3 Å². The number of nitrogens with zero attached hydrogens (tertiary/aromatic N) is 2. The molecule has 2 rings (SSSR count). The summed E-state index contributed by atoms with van der Waals surface area (Å²) in [5, 5.41) is 20.0. The molecule has 1 aliphatic heterocycles. The maximum absolute atomic E-state index is 11.9. The minimum Gasteiger partial charge on any atom is -0.391 e. The number of hydrogen-bond acceptors (Lipinski definition) is 6. The first-order chi connectivity index (χ1) is 9.81. The lowest BCUT2D eigenvalue weighted by Gasteiger charge is -2.25. The zero-order valence-corrected chi connectivity index (χ0v) is 12.3. The van der Waals surface area contributed by atoms with Gasteiger partial charge in [-0.1, -0.05) is 17.5 Å². The summed E-state index contributed by atoms with van der Waals surface area (Å²) in [5.41, 5.74) is 4.76. The Morgan fingerprint density at radius 2 is 2.33 bits per heavy atom. The molecule has 1 aliphatic rings. The molecular formula is C13H16ClN3O4. The predicted molar refractivity (Wildman–Crippen MR) is 76.5 cm³/mol. The molecule has 0 aromatic carbocycles. The van der Waals surface area contributed by atoms with Crippen LogP contribution in [0.15, 0.2) is 17.1 Å². The molecule has 1 saturated heterocycles. The van der Waals surface area contributed by atoms with Crippen molar-refractivity contribution in [1.29, 1.82) is 0 Å². The third-order valence-corrected chi connectivity index (χ3v) is 3.79. The van der Waals surface area contributed by atoms with Crippen molar-refractivity contribution in [2.75, 3.05) is 5.73 Å². The van der Waals surface area contributed by atoms with Gasteiger partial charge < -0.3 is 20.7 Å². The van der Waals surface area contributed by atoms with E-state index in [2.05, 4.69) is 16.8 Å². The summed E-state index contributed by atoms with van der Waals surface area (Å²) in [6, 6.07) is 1.41. The second-order valence-electron chi connectivity index (χ2n) is 4.82. The summed E-state index contributed by atoms with van der Waals surface area (Å²) < 4.78 is 6.65. The van der Waals surface area contributed by atoms with E-state index in [1.165, 1.54) is 19.2 Å². The molecule has 7 nitrogen and oxygen atoms in total. The van der Waals surface area contributed by atoms with Gasteiger partial charge in [0.05, 0.1) is 6.10 Å².